The van der Waals surface area contributed by atoms with Crippen LogP contribution in [0.25, 0.3) is 16.7 Å². The smallest absolute Gasteiger partial charge is 0.221 e. The summed E-state index contributed by atoms with van der Waals surface area (Å²) in [5.41, 5.74) is 6.39. The molecule has 9 nitrogen and oxygen atoms in total. The Balaban J connectivity index is 1.79. The zero-order valence-electron chi connectivity index (χ0n) is 15.8. The van der Waals surface area contributed by atoms with Crippen molar-refractivity contribution in [1.82, 2.24) is 24.9 Å². The van der Waals surface area contributed by atoms with Crippen molar-refractivity contribution in [2.45, 2.75) is 26.1 Å². The maximum atomic E-state index is 10.6. The van der Waals surface area contributed by atoms with Crippen molar-refractivity contribution >= 4 is 16.9 Å². The molecule has 0 saturated heterocycles. The van der Waals surface area contributed by atoms with E-state index in [1.807, 2.05) is 6.07 Å². The highest BCUT2D eigenvalue weighted by Crippen LogP contribution is 2.24. The fourth-order valence-electron chi connectivity index (χ4n) is 2.88. The normalized spacial score (nSPS) is 13.1. The number of nitrogens with zero attached hydrogens (tertiary/aromatic N) is 5. The predicted octanol–water partition coefficient (Wildman–Crippen LogP) is 1.45. The average Bonchev–Trinajstić information content (AvgIpc) is 3.30. The number of rotatable bonds is 3. The third-order valence-corrected chi connectivity index (χ3v) is 4.36. The first kappa shape index (κ1) is 18.6. The van der Waals surface area contributed by atoms with Crippen LogP contribution in [-0.4, -0.2) is 35.1 Å². The van der Waals surface area contributed by atoms with Crippen LogP contribution in [-0.2, 0) is 12.2 Å². The Morgan fingerprint density at radius 3 is 2.79 bits per heavy atom. The average molecular weight is 390 g/mol. The molecule has 0 fully saturated rings. The van der Waals surface area contributed by atoms with E-state index >= 15 is 0 Å². The number of aliphatic hydroxyl groups is 2. The fraction of sp³-hybridized carbons (Fsp3) is 0.200. The Morgan fingerprint density at radius 2 is 2.10 bits per heavy atom. The quantitative estimate of drug-likeness (QED) is 0.447. The number of anilines is 1. The van der Waals surface area contributed by atoms with E-state index in [2.05, 4.69) is 32.1 Å². The minimum Gasteiger partial charge on any atom is -0.390 e. The molecular formula is C20H18N6O3. The molecular weight excluding hydrogens is 372 g/mol. The van der Waals surface area contributed by atoms with Gasteiger partial charge in [0.25, 0.3) is 0 Å². The van der Waals surface area contributed by atoms with Gasteiger partial charge in [-0.3, -0.25) is 0 Å². The van der Waals surface area contributed by atoms with Gasteiger partial charge < -0.3 is 20.5 Å². The molecule has 0 bridgehead atoms. The molecule has 1 atom stereocenters. The molecule has 0 radical (unpaired) electrons. The molecule has 1 aromatic carbocycles. The molecule has 0 aliphatic rings. The minimum atomic E-state index is -1.47. The number of fused-ring (bicyclic) bond motifs is 1. The van der Waals surface area contributed by atoms with Crippen LogP contribution in [0.5, 0.6) is 0 Å². The van der Waals surface area contributed by atoms with Gasteiger partial charge in [-0.1, -0.05) is 17.0 Å². The molecule has 0 saturated carbocycles. The first-order valence-corrected chi connectivity index (χ1v) is 8.78. The van der Waals surface area contributed by atoms with Crippen molar-refractivity contribution in [3.63, 3.8) is 0 Å². The Kier molecular flexibility index (Phi) is 4.50. The number of nitrogen functional groups attached to an aromatic ring is 1. The van der Waals surface area contributed by atoms with Gasteiger partial charge in [0.2, 0.25) is 5.95 Å². The van der Waals surface area contributed by atoms with Crippen LogP contribution in [0.15, 0.2) is 41.1 Å². The van der Waals surface area contributed by atoms with Crippen molar-refractivity contribution in [2.75, 3.05) is 5.73 Å². The first-order chi connectivity index (χ1) is 13.9. The van der Waals surface area contributed by atoms with E-state index in [4.69, 9.17) is 10.3 Å². The summed E-state index contributed by atoms with van der Waals surface area (Å²) in [5, 5.41) is 29.3. The second-order valence-corrected chi connectivity index (χ2v) is 6.67. The van der Waals surface area contributed by atoms with E-state index in [9.17, 15) is 10.2 Å². The first-order valence-electron chi connectivity index (χ1n) is 8.78. The molecule has 0 unspecified atom stereocenters. The number of aryl methyl sites for hydroxylation is 1. The van der Waals surface area contributed by atoms with Crippen LogP contribution < -0.4 is 5.73 Å². The van der Waals surface area contributed by atoms with Crippen LogP contribution in [0.3, 0.4) is 0 Å². The Morgan fingerprint density at radius 1 is 1.28 bits per heavy atom. The Hall–Kier alpha value is -3.74. The highest BCUT2D eigenvalue weighted by molar-refractivity contribution is 5.84. The molecule has 146 valence electrons. The van der Waals surface area contributed by atoms with E-state index in [1.165, 1.54) is 6.20 Å². The van der Waals surface area contributed by atoms with Crippen molar-refractivity contribution < 1.29 is 14.7 Å². The van der Waals surface area contributed by atoms with Gasteiger partial charge in [-0.15, -0.1) is 0 Å². The summed E-state index contributed by atoms with van der Waals surface area (Å²) < 4.78 is 6.59. The van der Waals surface area contributed by atoms with Crippen LogP contribution in [0, 0.1) is 18.8 Å². The highest BCUT2D eigenvalue weighted by Gasteiger charge is 2.24. The van der Waals surface area contributed by atoms with Gasteiger partial charge in [-0.25, -0.2) is 9.67 Å². The van der Waals surface area contributed by atoms with Crippen molar-refractivity contribution in [3.05, 3.63) is 59.2 Å². The largest absolute Gasteiger partial charge is 0.390 e. The maximum absolute atomic E-state index is 10.6. The van der Waals surface area contributed by atoms with Gasteiger partial charge in [-0.05, 0) is 32.0 Å². The SMILES string of the molecule is Cc1cc([C@](C)(O)C#Cc2ccc3c(CO)nn(-c4ccnc(N)n4)c3c2)no1. The molecule has 0 spiro atoms. The summed E-state index contributed by atoms with van der Waals surface area (Å²) in [6.07, 6.45) is 1.53. The fourth-order valence-corrected chi connectivity index (χ4v) is 2.88. The Bertz CT molecular complexity index is 1260. The third-order valence-electron chi connectivity index (χ3n) is 4.36. The molecule has 4 aromatic rings. The standard InChI is InChI=1S/C20H18N6O3/c1-12-9-17(25-29-12)20(2,28)7-5-13-3-4-14-15(11-27)24-26(16(14)10-13)18-6-8-22-19(21)23-18/h3-4,6,8-10,27-28H,11H2,1-2H3,(H2,21,22,23)/t20-/m1/s1. The number of hydrogen-bond donors (Lipinski definition) is 3. The van der Waals surface area contributed by atoms with Gasteiger partial charge in [-0.2, -0.15) is 10.1 Å². The predicted molar refractivity (Wildman–Crippen MR) is 105 cm³/mol. The summed E-state index contributed by atoms with van der Waals surface area (Å²) in [5.74, 6) is 6.95. The van der Waals surface area contributed by atoms with E-state index in [0.29, 0.717) is 34.0 Å². The van der Waals surface area contributed by atoms with Gasteiger partial charge in [0.05, 0.1) is 17.8 Å². The molecule has 4 rings (SSSR count). The van der Waals surface area contributed by atoms with E-state index in [0.717, 1.165) is 5.39 Å². The zero-order chi connectivity index (χ0) is 20.6. The van der Waals surface area contributed by atoms with Crippen LogP contribution in [0.4, 0.5) is 5.95 Å². The molecule has 9 heteroatoms. The third kappa shape index (κ3) is 3.54. The van der Waals surface area contributed by atoms with Gasteiger partial charge in [0.1, 0.15) is 11.5 Å². The molecule has 29 heavy (non-hydrogen) atoms. The van der Waals surface area contributed by atoms with Gasteiger partial charge in [0.15, 0.2) is 11.4 Å². The number of nitrogens with two attached hydrogens (primary N) is 1. The lowest BCUT2D eigenvalue weighted by molar-refractivity contribution is 0.112. The summed E-state index contributed by atoms with van der Waals surface area (Å²) in [4.78, 5) is 8.08. The topological polar surface area (TPSA) is 136 Å². The van der Waals surface area contributed by atoms with E-state index in [1.54, 1.807) is 42.8 Å². The van der Waals surface area contributed by atoms with Crippen molar-refractivity contribution in [1.29, 1.82) is 0 Å². The van der Waals surface area contributed by atoms with Gasteiger partial charge >= 0.3 is 0 Å². The van der Waals surface area contributed by atoms with Gasteiger partial charge in [0, 0.05) is 29.3 Å². The molecule has 3 heterocycles. The summed E-state index contributed by atoms with van der Waals surface area (Å²) in [6, 6.07) is 8.71. The number of hydrogen-bond acceptors (Lipinski definition) is 8. The molecule has 0 aliphatic heterocycles. The maximum Gasteiger partial charge on any atom is 0.221 e. The summed E-state index contributed by atoms with van der Waals surface area (Å²) in [6.45, 7) is 3.07. The van der Waals surface area contributed by atoms with Crippen molar-refractivity contribution in [3.8, 4) is 17.7 Å². The number of aromatic nitrogens is 5. The molecule has 3 aromatic heterocycles. The van der Waals surface area contributed by atoms with Crippen LogP contribution >= 0.6 is 0 Å². The second-order valence-electron chi connectivity index (χ2n) is 6.67. The van der Waals surface area contributed by atoms with Crippen LogP contribution in [0.1, 0.15) is 29.6 Å². The van der Waals surface area contributed by atoms with E-state index < -0.39 is 5.60 Å². The highest BCUT2D eigenvalue weighted by atomic mass is 16.5. The monoisotopic (exact) mass is 390 g/mol. The molecule has 0 aliphatic carbocycles. The Labute approximate surface area is 165 Å². The zero-order valence-corrected chi connectivity index (χ0v) is 15.8. The molecule has 4 N–H and O–H groups in total. The molecule has 0 amide bonds. The number of aliphatic hydroxyl groups excluding tert-OH is 1. The minimum absolute atomic E-state index is 0.117. The number of benzene rings is 1. The second kappa shape index (κ2) is 7.01. The van der Waals surface area contributed by atoms with Crippen LogP contribution in [0.2, 0.25) is 0 Å². The lowest BCUT2D eigenvalue weighted by Gasteiger charge is -2.11. The summed E-state index contributed by atoms with van der Waals surface area (Å²) >= 11 is 0. The lowest BCUT2D eigenvalue weighted by atomic mass is 10.0. The van der Waals surface area contributed by atoms with E-state index in [-0.39, 0.29) is 12.6 Å². The lowest BCUT2D eigenvalue weighted by Crippen LogP contribution is -2.18. The van der Waals surface area contributed by atoms with Crippen molar-refractivity contribution in [2.24, 2.45) is 0 Å². The summed E-state index contributed by atoms with van der Waals surface area (Å²) in [7, 11) is 0.